The first-order chi connectivity index (χ1) is 14.2. The van der Waals surface area contributed by atoms with E-state index in [2.05, 4.69) is 25.3 Å². The minimum Gasteiger partial charge on any atom is -0.338 e. The van der Waals surface area contributed by atoms with Gasteiger partial charge in [0.1, 0.15) is 17.5 Å². The Bertz CT molecular complexity index is 1010. The Morgan fingerprint density at radius 3 is 2.83 bits per heavy atom. The second kappa shape index (κ2) is 8.60. The van der Waals surface area contributed by atoms with Crippen LogP contribution in [0.15, 0.2) is 61.1 Å². The smallest absolute Gasteiger partial charge is 0.246 e. The summed E-state index contributed by atoms with van der Waals surface area (Å²) in [5, 5.41) is 3.16. The first kappa shape index (κ1) is 18.7. The average Bonchev–Trinajstić information content (AvgIpc) is 3.24. The standard InChI is InChI=1S/C22H22N6O/c1-16-25-19(13-20(26-16)27-21-14-23-10-11-24-21)18-9-12-28(15-18)22(29)8-7-17-5-3-2-4-6-17/h2-8,10-11,13-14,18H,9,12,15H2,1H3,(H,24,25,26,27)/b8-7+/t18-/m1/s1. The van der Waals surface area contributed by atoms with Gasteiger partial charge in [-0.05, 0) is 25.0 Å². The topological polar surface area (TPSA) is 83.9 Å². The summed E-state index contributed by atoms with van der Waals surface area (Å²) >= 11 is 0. The molecular weight excluding hydrogens is 364 g/mol. The molecule has 7 nitrogen and oxygen atoms in total. The van der Waals surface area contributed by atoms with E-state index in [9.17, 15) is 4.79 Å². The molecule has 1 aliphatic heterocycles. The van der Waals surface area contributed by atoms with Crippen LogP contribution in [0.4, 0.5) is 11.6 Å². The molecule has 1 fully saturated rings. The van der Waals surface area contributed by atoms with Crippen LogP contribution >= 0.6 is 0 Å². The largest absolute Gasteiger partial charge is 0.338 e. The van der Waals surface area contributed by atoms with Crippen molar-refractivity contribution in [2.45, 2.75) is 19.3 Å². The van der Waals surface area contributed by atoms with E-state index in [1.54, 1.807) is 24.7 Å². The molecule has 0 unspecified atom stereocenters. The molecule has 7 heteroatoms. The lowest BCUT2D eigenvalue weighted by Crippen LogP contribution is -2.26. The van der Waals surface area contributed by atoms with Crippen LogP contribution in [0.2, 0.25) is 0 Å². The number of hydrogen-bond acceptors (Lipinski definition) is 6. The normalized spacial score (nSPS) is 16.3. The van der Waals surface area contributed by atoms with Crippen LogP contribution in [-0.2, 0) is 4.79 Å². The molecule has 0 aliphatic carbocycles. The van der Waals surface area contributed by atoms with Crippen molar-refractivity contribution < 1.29 is 4.79 Å². The molecule has 4 rings (SSSR count). The van der Waals surface area contributed by atoms with Gasteiger partial charge in [-0.3, -0.25) is 9.78 Å². The molecule has 1 saturated heterocycles. The van der Waals surface area contributed by atoms with Crippen molar-refractivity contribution in [1.82, 2.24) is 24.8 Å². The van der Waals surface area contributed by atoms with Crippen molar-refractivity contribution in [2.24, 2.45) is 0 Å². The van der Waals surface area contributed by atoms with Crippen molar-refractivity contribution in [1.29, 1.82) is 0 Å². The van der Waals surface area contributed by atoms with E-state index in [1.165, 1.54) is 0 Å². The minimum atomic E-state index is 0.0278. The number of aromatic nitrogens is 4. The Labute approximate surface area is 169 Å². The lowest BCUT2D eigenvalue weighted by atomic mass is 10.0. The molecule has 1 aliphatic rings. The number of nitrogens with zero attached hydrogens (tertiary/aromatic N) is 5. The maximum Gasteiger partial charge on any atom is 0.246 e. The molecule has 0 bridgehead atoms. The predicted molar refractivity (Wildman–Crippen MR) is 111 cm³/mol. The summed E-state index contributed by atoms with van der Waals surface area (Å²) in [4.78, 5) is 31.7. The van der Waals surface area contributed by atoms with Crippen molar-refractivity contribution in [3.63, 3.8) is 0 Å². The number of aryl methyl sites for hydroxylation is 1. The molecule has 0 radical (unpaired) electrons. The summed E-state index contributed by atoms with van der Waals surface area (Å²) in [6, 6.07) is 11.8. The van der Waals surface area contributed by atoms with Crippen LogP contribution in [-0.4, -0.2) is 43.8 Å². The van der Waals surface area contributed by atoms with Crippen molar-refractivity contribution in [2.75, 3.05) is 18.4 Å². The number of hydrogen-bond donors (Lipinski definition) is 1. The van der Waals surface area contributed by atoms with Crippen molar-refractivity contribution >= 4 is 23.6 Å². The minimum absolute atomic E-state index is 0.0278. The molecular formula is C22H22N6O. The van der Waals surface area contributed by atoms with Crippen LogP contribution in [0.25, 0.3) is 6.08 Å². The maximum absolute atomic E-state index is 12.5. The van der Waals surface area contributed by atoms with E-state index in [1.807, 2.05) is 54.3 Å². The Balaban J connectivity index is 1.43. The summed E-state index contributed by atoms with van der Waals surface area (Å²) in [5.41, 5.74) is 1.95. The fraction of sp³-hybridized carbons (Fsp3) is 0.227. The molecule has 2 aromatic heterocycles. The van der Waals surface area contributed by atoms with E-state index in [0.717, 1.165) is 24.2 Å². The second-order valence-electron chi connectivity index (χ2n) is 6.95. The highest BCUT2D eigenvalue weighted by molar-refractivity contribution is 5.92. The highest BCUT2D eigenvalue weighted by Gasteiger charge is 2.27. The Morgan fingerprint density at radius 2 is 2.03 bits per heavy atom. The van der Waals surface area contributed by atoms with E-state index in [-0.39, 0.29) is 11.8 Å². The molecule has 1 N–H and O–H groups in total. The first-order valence-electron chi connectivity index (χ1n) is 9.58. The number of nitrogens with one attached hydrogen (secondary N) is 1. The van der Waals surface area contributed by atoms with E-state index >= 15 is 0 Å². The lowest BCUT2D eigenvalue weighted by Gasteiger charge is -2.15. The van der Waals surface area contributed by atoms with Gasteiger partial charge in [-0.1, -0.05) is 30.3 Å². The molecule has 0 saturated carbocycles. The lowest BCUT2D eigenvalue weighted by molar-refractivity contribution is -0.124. The van der Waals surface area contributed by atoms with Gasteiger partial charge in [0, 0.05) is 43.5 Å². The Hall–Kier alpha value is -3.61. The average molecular weight is 386 g/mol. The Morgan fingerprint density at radius 1 is 1.17 bits per heavy atom. The summed E-state index contributed by atoms with van der Waals surface area (Å²) in [7, 11) is 0. The third kappa shape index (κ3) is 4.82. The third-order valence-electron chi connectivity index (χ3n) is 4.81. The van der Waals surface area contributed by atoms with Gasteiger partial charge in [0.15, 0.2) is 0 Å². The summed E-state index contributed by atoms with van der Waals surface area (Å²) in [6.45, 7) is 3.24. The van der Waals surface area contributed by atoms with Crippen molar-refractivity contribution in [3.8, 4) is 0 Å². The van der Waals surface area contributed by atoms with Gasteiger partial charge >= 0.3 is 0 Å². The number of benzene rings is 1. The van der Waals surface area contributed by atoms with E-state index in [4.69, 9.17) is 0 Å². The molecule has 1 aromatic carbocycles. The molecule has 29 heavy (non-hydrogen) atoms. The van der Waals surface area contributed by atoms with Gasteiger partial charge < -0.3 is 10.2 Å². The zero-order valence-electron chi connectivity index (χ0n) is 16.2. The van der Waals surface area contributed by atoms with Gasteiger partial charge in [-0.15, -0.1) is 0 Å². The van der Waals surface area contributed by atoms with Gasteiger partial charge in [-0.2, -0.15) is 0 Å². The van der Waals surface area contributed by atoms with Crippen LogP contribution in [0.3, 0.4) is 0 Å². The molecule has 3 heterocycles. The highest BCUT2D eigenvalue weighted by atomic mass is 16.2. The van der Waals surface area contributed by atoms with Crippen LogP contribution < -0.4 is 5.32 Å². The number of carbonyl (C=O) groups is 1. The first-order valence-corrected chi connectivity index (χ1v) is 9.58. The second-order valence-corrected chi connectivity index (χ2v) is 6.95. The van der Waals surface area contributed by atoms with E-state index < -0.39 is 0 Å². The highest BCUT2D eigenvalue weighted by Crippen LogP contribution is 2.28. The summed E-state index contributed by atoms with van der Waals surface area (Å²) in [6.07, 6.45) is 9.27. The zero-order valence-corrected chi connectivity index (χ0v) is 16.2. The molecule has 0 spiro atoms. The van der Waals surface area contributed by atoms with Crippen LogP contribution in [0.5, 0.6) is 0 Å². The molecule has 146 valence electrons. The Kier molecular flexibility index (Phi) is 5.56. The van der Waals surface area contributed by atoms with Crippen molar-refractivity contribution in [3.05, 3.63) is 78.1 Å². The maximum atomic E-state index is 12.5. The summed E-state index contributed by atoms with van der Waals surface area (Å²) < 4.78 is 0. The molecule has 3 aromatic rings. The SMILES string of the molecule is Cc1nc(Nc2cnccn2)cc([C@@H]2CCN(C(=O)/C=C/c3ccccc3)C2)n1. The monoisotopic (exact) mass is 386 g/mol. The van der Waals surface area contributed by atoms with Gasteiger partial charge in [0.05, 0.1) is 11.9 Å². The number of likely N-dealkylation sites (tertiary alicyclic amines) is 1. The number of carbonyl (C=O) groups excluding carboxylic acids is 1. The van der Waals surface area contributed by atoms with Gasteiger partial charge in [-0.25, -0.2) is 15.0 Å². The number of anilines is 2. The zero-order chi connectivity index (χ0) is 20.1. The molecule has 1 amide bonds. The quantitative estimate of drug-likeness (QED) is 0.677. The molecule has 1 atom stereocenters. The van der Waals surface area contributed by atoms with Crippen LogP contribution in [0.1, 0.15) is 29.4 Å². The fourth-order valence-electron chi connectivity index (χ4n) is 3.40. The van der Waals surface area contributed by atoms with Gasteiger partial charge in [0.2, 0.25) is 5.91 Å². The van der Waals surface area contributed by atoms with Crippen LogP contribution in [0, 0.1) is 6.92 Å². The fourth-order valence-corrected chi connectivity index (χ4v) is 3.40. The predicted octanol–water partition coefficient (Wildman–Crippen LogP) is 3.35. The summed E-state index contributed by atoms with van der Waals surface area (Å²) in [5.74, 6) is 2.21. The van der Waals surface area contributed by atoms with Gasteiger partial charge in [0.25, 0.3) is 0 Å². The van der Waals surface area contributed by atoms with E-state index in [0.29, 0.717) is 24.0 Å². The number of rotatable bonds is 5. The number of amides is 1. The third-order valence-corrected chi connectivity index (χ3v) is 4.81.